The van der Waals surface area contributed by atoms with E-state index >= 15 is 0 Å². The molecule has 0 aliphatic carbocycles. The number of rotatable bonds is 4. The summed E-state index contributed by atoms with van der Waals surface area (Å²) in [6, 6.07) is 0. The summed E-state index contributed by atoms with van der Waals surface area (Å²) in [5.41, 5.74) is 0. The first-order valence-corrected chi connectivity index (χ1v) is 7.99. The minimum Gasteiger partial charge on any atom is -0.377 e. The highest BCUT2D eigenvalue weighted by molar-refractivity contribution is 5.80. The molecule has 6 nitrogen and oxygen atoms in total. The lowest BCUT2D eigenvalue weighted by Gasteiger charge is -2.38. The first-order valence-electron chi connectivity index (χ1n) is 7.99. The molecule has 6 heteroatoms. The topological polar surface area (TPSA) is 61.9 Å². The lowest BCUT2D eigenvalue weighted by Crippen LogP contribution is -2.53. The normalized spacial score (nSPS) is 27.4. The Balaban J connectivity index is 1.83. The third kappa shape index (κ3) is 4.17. The SMILES string of the molecule is CC[C@@H]1OCCC[C@@H]1C(=O)N1CCN(CC(=O)NC)CC1. The van der Waals surface area contributed by atoms with Crippen LogP contribution in [0.1, 0.15) is 26.2 Å². The van der Waals surface area contributed by atoms with Crippen LogP contribution in [0.15, 0.2) is 0 Å². The quantitative estimate of drug-likeness (QED) is 0.798. The van der Waals surface area contributed by atoms with E-state index in [4.69, 9.17) is 4.74 Å². The molecular formula is C15H27N3O3. The van der Waals surface area contributed by atoms with Gasteiger partial charge in [0.1, 0.15) is 0 Å². The predicted molar refractivity (Wildman–Crippen MR) is 79.8 cm³/mol. The van der Waals surface area contributed by atoms with E-state index in [0.29, 0.717) is 19.6 Å². The van der Waals surface area contributed by atoms with E-state index in [1.807, 2.05) is 4.90 Å². The number of hydrogen-bond donors (Lipinski definition) is 1. The number of carbonyl (C=O) groups excluding carboxylic acids is 2. The minimum absolute atomic E-state index is 0.0224. The summed E-state index contributed by atoms with van der Waals surface area (Å²) >= 11 is 0. The van der Waals surface area contributed by atoms with Gasteiger partial charge in [-0.05, 0) is 19.3 Å². The Labute approximate surface area is 126 Å². The van der Waals surface area contributed by atoms with Crippen LogP contribution in [0.3, 0.4) is 0 Å². The molecule has 2 heterocycles. The Morgan fingerprint density at radius 1 is 1.24 bits per heavy atom. The zero-order valence-electron chi connectivity index (χ0n) is 13.1. The van der Waals surface area contributed by atoms with E-state index in [0.717, 1.165) is 39.0 Å². The van der Waals surface area contributed by atoms with Crippen molar-refractivity contribution >= 4 is 11.8 Å². The lowest BCUT2D eigenvalue weighted by molar-refractivity contribution is -0.147. The average molecular weight is 297 g/mol. The number of nitrogens with one attached hydrogen (secondary N) is 1. The zero-order chi connectivity index (χ0) is 15.2. The molecule has 21 heavy (non-hydrogen) atoms. The summed E-state index contributed by atoms with van der Waals surface area (Å²) in [6.45, 7) is 6.24. The molecule has 2 fully saturated rings. The van der Waals surface area contributed by atoms with Gasteiger partial charge in [-0.1, -0.05) is 6.92 Å². The second kappa shape index (κ2) is 7.75. The van der Waals surface area contributed by atoms with Crippen molar-refractivity contribution in [3.05, 3.63) is 0 Å². The number of likely N-dealkylation sites (N-methyl/N-ethyl adjacent to an activating group) is 1. The monoisotopic (exact) mass is 297 g/mol. The molecule has 0 radical (unpaired) electrons. The van der Waals surface area contributed by atoms with Gasteiger partial charge < -0.3 is 15.0 Å². The van der Waals surface area contributed by atoms with Gasteiger partial charge in [0.25, 0.3) is 0 Å². The number of hydrogen-bond acceptors (Lipinski definition) is 4. The van der Waals surface area contributed by atoms with Crippen molar-refractivity contribution in [2.24, 2.45) is 5.92 Å². The van der Waals surface area contributed by atoms with Crippen LogP contribution in [-0.4, -0.2) is 74.1 Å². The maximum atomic E-state index is 12.7. The number of amides is 2. The average Bonchev–Trinajstić information content (AvgIpc) is 2.54. The summed E-state index contributed by atoms with van der Waals surface area (Å²) in [5, 5.41) is 2.63. The van der Waals surface area contributed by atoms with E-state index in [9.17, 15) is 9.59 Å². The van der Waals surface area contributed by atoms with Gasteiger partial charge in [0.15, 0.2) is 0 Å². The van der Waals surface area contributed by atoms with E-state index in [-0.39, 0.29) is 23.8 Å². The van der Waals surface area contributed by atoms with Crippen LogP contribution in [0.5, 0.6) is 0 Å². The van der Waals surface area contributed by atoms with E-state index in [1.165, 1.54) is 0 Å². The van der Waals surface area contributed by atoms with E-state index in [1.54, 1.807) is 7.05 Å². The van der Waals surface area contributed by atoms with Crippen LogP contribution in [0.2, 0.25) is 0 Å². The summed E-state index contributed by atoms with van der Waals surface area (Å²) < 4.78 is 5.73. The molecule has 0 spiro atoms. The summed E-state index contributed by atoms with van der Waals surface area (Å²) in [7, 11) is 1.65. The first-order chi connectivity index (χ1) is 10.2. The highest BCUT2D eigenvalue weighted by atomic mass is 16.5. The van der Waals surface area contributed by atoms with Gasteiger partial charge in [-0.3, -0.25) is 14.5 Å². The van der Waals surface area contributed by atoms with E-state index < -0.39 is 0 Å². The maximum absolute atomic E-state index is 12.7. The number of carbonyl (C=O) groups is 2. The van der Waals surface area contributed by atoms with Gasteiger partial charge >= 0.3 is 0 Å². The number of piperazine rings is 1. The molecule has 0 aromatic carbocycles. The standard InChI is InChI=1S/C15H27N3O3/c1-3-13-12(5-4-10-21-13)15(20)18-8-6-17(7-9-18)11-14(19)16-2/h12-13H,3-11H2,1-2H3,(H,16,19)/t12-,13-/m0/s1. The summed E-state index contributed by atoms with van der Waals surface area (Å²) in [5.74, 6) is 0.289. The molecule has 2 rings (SSSR count). The predicted octanol–water partition coefficient (Wildman–Crippen LogP) is 0.0818. The second-order valence-corrected chi connectivity index (χ2v) is 5.84. The van der Waals surface area contributed by atoms with Crippen LogP contribution >= 0.6 is 0 Å². The molecule has 1 N–H and O–H groups in total. The van der Waals surface area contributed by atoms with Crippen LogP contribution in [-0.2, 0) is 14.3 Å². The van der Waals surface area contributed by atoms with Crippen LogP contribution in [0.4, 0.5) is 0 Å². The molecule has 0 bridgehead atoms. The van der Waals surface area contributed by atoms with Crippen molar-refractivity contribution in [3.63, 3.8) is 0 Å². The van der Waals surface area contributed by atoms with Gasteiger partial charge in [0.05, 0.1) is 18.6 Å². The molecule has 0 aromatic heterocycles. The Hall–Kier alpha value is -1.14. The van der Waals surface area contributed by atoms with Crippen molar-refractivity contribution in [1.29, 1.82) is 0 Å². The third-order valence-electron chi connectivity index (χ3n) is 4.49. The van der Waals surface area contributed by atoms with Crippen molar-refractivity contribution in [2.45, 2.75) is 32.3 Å². The molecule has 2 saturated heterocycles. The Morgan fingerprint density at radius 3 is 2.57 bits per heavy atom. The largest absolute Gasteiger partial charge is 0.377 e. The van der Waals surface area contributed by atoms with Crippen molar-refractivity contribution < 1.29 is 14.3 Å². The molecule has 2 atom stereocenters. The fourth-order valence-electron chi connectivity index (χ4n) is 3.17. The van der Waals surface area contributed by atoms with Crippen molar-refractivity contribution in [2.75, 3.05) is 46.4 Å². The molecule has 2 aliphatic heterocycles. The van der Waals surface area contributed by atoms with Gasteiger partial charge in [0.2, 0.25) is 11.8 Å². The van der Waals surface area contributed by atoms with Crippen molar-refractivity contribution in [1.82, 2.24) is 15.1 Å². The number of nitrogens with zero attached hydrogens (tertiary/aromatic N) is 2. The van der Waals surface area contributed by atoms with Crippen molar-refractivity contribution in [3.8, 4) is 0 Å². The minimum atomic E-state index is 0.0224. The highest BCUT2D eigenvalue weighted by Gasteiger charge is 2.34. The molecule has 0 saturated carbocycles. The first kappa shape index (κ1) is 16.2. The molecule has 120 valence electrons. The Bertz CT molecular complexity index is 367. The van der Waals surface area contributed by atoms with Crippen LogP contribution < -0.4 is 5.32 Å². The van der Waals surface area contributed by atoms with Gasteiger partial charge in [-0.25, -0.2) is 0 Å². The maximum Gasteiger partial charge on any atom is 0.233 e. The third-order valence-corrected chi connectivity index (χ3v) is 4.49. The molecule has 0 aromatic rings. The zero-order valence-corrected chi connectivity index (χ0v) is 13.1. The molecule has 2 aliphatic rings. The Kier molecular flexibility index (Phi) is 5.99. The van der Waals surface area contributed by atoms with Gasteiger partial charge in [0, 0.05) is 39.8 Å². The fraction of sp³-hybridized carbons (Fsp3) is 0.867. The summed E-state index contributed by atoms with van der Waals surface area (Å²) in [6.07, 6.45) is 2.89. The molecule has 2 amide bonds. The van der Waals surface area contributed by atoms with Gasteiger partial charge in [-0.2, -0.15) is 0 Å². The second-order valence-electron chi connectivity index (χ2n) is 5.84. The summed E-state index contributed by atoms with van der Waals surface area (Å²) in [4.78, 5) is 28.1. The van der Waals surface area contributed by atoms with Crippen LogP contribution in [0.25, 0.3) is 0 Å². The number of ether oxygens (including phenoxy) is 1. The van der Waals surface area contributed by atoms with E-state index in [2.05, 4.69) is 17.1 Å². The lowest BCUT2D eigenvalue weighted by atomic mass is 9.91. The molecular weight excluding hydrogens is 270 g/mol. The van der Waals surface area contributed by atoms with Gasteiger partial charge in [-0.15, -0.1) is 0 Å². The fourth-order valence-corrected chi connectivity index (χ4v) is 3.17. The van der Waals surface area contributed by atoms with Crippen LogP contribution in [0, 0.1) is 5.92 Å². The molecule has 0 unspecified atom stereocenters. The highest BCUT2D eigenvalue weighted by Crippen LogP contribution is 2.25. The smallest absolute Gasteiger partial charge is 0.233 e. The Morgan fingerprint density at radius 2 is 1.95 bits per heavy atom.